The van der Waals surface area contributed by atoms with Crippen LogP contribution in [0.5, 0.6) is 5.75 Å². The van der Waals surface area contributed by atoms with Crippen molar-refractivity contribution in [2.75, 3.05) is 12.4 Å². The van der Waals surface area contributed by atoms with E-state index in [-0.39, 0.29) is 0 Å². The largest absolute Gasteiger partial charge is 0.495 e. The van der Waals surface area contributed by atoms with Crippen LogP contribution in [0.1, 0.15) is 31.2 Å². The maximum atomic E-state index is 5.84. The van der Waals surface area contributed by atoms with Crippen LogP contribution in [0.2, 0.25) is 0 Å². The molecule has 1 aromatic carbocycles. The van der Waals surface area contributed by atoms with Crippen LogP contribution in [0.3, 0.4) is 0 Å². The zero-order valence-corrected chi connectivity index (χ0v) is 19.2. The van der Waals surface area contributed by atoms with Crippen LogP contribution in [0.15, 0.2) is 47.4 Å². The van der Waals surface area contributed by atoms with E-state index >= 15 is 0 Å². The van der Waals surface area contributed by atoms with E-state index in [0.717, 1.165) is 52.4 Å². The number of benzene rings is 1. The Bertz CT molecular complexity index is 1490. The van der Waals surface area contributed by atoms with E-state index in [1.54, 1.807) is 19.6 Å². The number of rotatable bonds is 6. The molecule has 1 aliphatic carbocycles. The molecule has 0 spiro atoms. The Morgan fingerprint density at radius 1 is 1.15 bits per heavy atom. The van der Waals surface area contributed by atoms with Gasteiger partial charge in [0.05, 0.1) is 24.7 Å². The maximum Gasteiger partial charge on any atom is 0.229 e. The van der Waals surface area contributed by atoms with E-state index in [0.29, 0.717) is 23.6 Å². The van der Waals surface area contributed by atoms with Gasteiger partial charge in [-0.25, -0.2) is 9.97 Å². The minimum absolute atomic E-state index is 0.390. The first kappa shape index (κ1) is 20.4. The molecule has 4 heterocycles. The molecule has 10 nitrogen and oxygen atoms in total. The number of methoxy groups -OCH3 is 1. The maximum absolute atomic E-state index is 5.84. The molecule has 34 heavy (non-hydrogen) atoms. The summed E-state index contributed by atoms with van der Waals surface area (Å²) in [5.74, 6) is 3.31. The van der Waals surface area contributed by atoms with Crippen LogP contribution in [-0.2, 0) is 7.05 Å². The van der Waals surface area contributed by atoms with Crippen molar-refractivity contribution in [3.05, 3.63) is 48.9 Å². The Balaban J connectivity index is 1.38. The number of anilines is 2. The molecule has 1 fully saturated rings. The van der Waals surface area contributed by atoms with E-state index in [1.165, 1.54) is 6.42 Å². The number of hydrogen-bond acceptors (Lipinski definition) is 8. The van der Waals surface area contributed by atoms with Gasteiger partial charge in [0.2, 0.25) is 5.95 Å². The van der Waals surface area contributed by atoms with Crippen molar-refractivity contribution < 1.29 is 9.15 Å². The number of ether oxygens (including phenoxy) is 1. The van der Waals surface area contributed by atoms with Crippen LogP contribution in [0.25, 0.3) is 33.9 Å². The molecule has 0 aliphatic heterocycles. The predicted molar refractivity (Wildman–Crippen MR) is 127 cm³/mol. The second-order valence-corrected chi connectivity index (χ2v) is 8.51. The molecule has 1 N–H and O–H groups in total. The lowest BCUT2D eigenvalue weighted by Crippen LogP contribution is -2.18. The molecule has 10 heteroatoms. The fourth-order valence-corrected chi connectivity index (χ4v) is 4.35. The zero-order chi connectivity index (χ0) is 23.2. The number of aryl methyl sites for hydroxylation is 2. The standard InChI is InChI=1S/C24H24N8O2/c1-14-25-12-21(34-14)19-9-16-11-26-24(29-22(16)32(19)17-5-4-6-17)28-18-8-7-15(10-20(18)33-3)23-30-27-13-31(23)2/h7-13,17H,4-6H2,1-3H3,(H,26,28,29). The Hall–Kier alpha value is -4.21. The summed E-state index contributed by atoms with van der Waals surface area (Å²) in [5, 5.41) is 12.4. The number of nitrogens with one attached hydrogen (secondary N) is 1. The van der Waals surface area contributed by atoms with Crippen molar-refractivity contribution in [1.82, 2.24) is 34.3 Å². The molecule has 1 saturated carbocycles. The molecule has 0 unspecified atom stereocenters. The molecule has 6 rings (SSSR count). The minimum atomic E-state index is 0.390. The monoisotopic (exact) mass is 456 g/mol. The summed E-state index contributed by atoms with van der Waals surface area (Å²) < 4.78 is 15.6. The molecule has 0 bridgehead atoms. The highest BCUT2D eigenvalue weighted by atomic mass is 16.5. The summed E-state index contributed by atoms with van der Waals surface area (Å²) in [6.07, 6.45) is 8.73. The van der Waals surface area contributed by atoms with E-state index < -0.39 is 0 Å². The van der Waals surface area contributed by atoms with Gasteiger partial charge in [0.1, 0.15) is 17.7 Å². The summed E-state index contributed by atoms with van der Waals surface area (Å²) in [6.45, 7) is 1.85. The van der Waals surface area contributed by atoms with Crippen LogP contribution < -0.4 is 10.1 Å². The normalized spacial score (nSPS) is 13.9. The van der Waals surface area contributed by atoms with Crippen molar-refractivity contribution in [1.29, 1.82) is 0 Å². The van der Waals surface area contributed by atoms with E-state index in [1.807, 2.05) is 42.9 Å². The molecule has 4 aromatic heterocycles. The van der Waals surface area contributed by atoms with Crippen molar-refractivity contribution in [2.45, 2.75) is 32.2 Å². The van der Waals surface area contributed by atoms with Crippen LogP contribution in [-0.4, -0.2) is 41.4 Å². The number of fused-ring (bicyclic) bond motifs is 1. The third-order valence-corrected chi connectivity index (χ3v) is 6.31. The quantitative estimate of drug-likeness (QED) is 0.393. The SMILES string of the molecule is COc1cc(-c2nncn2C)ccc1Nc1ncc2cc(-c3cnc(C)o3)n(C3CCC3)c2n1. The minimum Gasteiger partial charge on any atom is -0.495 e. The molecular weight excluding hydrogens is 432 g/mol. The molecule has 0 radical (unpaired) electrons. The first-order valence-electron chi connectivity index (χ1n) is 11.2. The zero-order valence-electron chi connectivity index (χ0n) is 19.2. The van der Waals surface area contributed by atoms with Crippen molar-refractivity contribution in [3.63, 3.8) is 0 Å². The molecular formula is C24H24N8O2. The fraction of sp³-hybridized carbons (Fsp3) is 0.292. The van der Waals surface area contributed by atoms with Gasteiger partial charge in [-0.1, -0.05) is 0 Å². The topological polar surface area (TPSA) is 109 Å². The van der Waals surface area contributed by atoms with E-state index in [2.05, 4.69) is 36.1 Å². The van der Waals surface area contributed by atoms with Gasteiger partial charge in [-0.3, -0.25) is 0 Å². The Morgan fingerprint density at radius 2 is 2.03 bits per heavy atom. The number of aromatic nitrogens is 7. The summed E-state index contributed by atoms with van der Waals surface area (Å²) in [5.41, 5.74) is 3.53. The van der Waals surface area contributed by atoms with Crippen molar-refractivity contribution in [2.24, 2.45) is 7.05 Å². The average molecular weight is 457 g/mol. The summed E-state index contributed by atoms with van der Waals surface area (Å²) in [4.78, 5) is 13.7. The number of hydrogen-bond donors (Lipinski definition) is 1. The van der Waals surface area contributed by atoms with Gasteiger partial charge in [0.15, 0.2) is 17.5 Å². The first-order valence-corrected chi connectivity index (χ1v) is 11.2. The molecule has 0 amide bonds. The lowest BCUT2D eigenvalue weighted by molar-refractivity contribution is 0.321. The van der Waals surface area contributed by atoms with Gasteiger partial charge in [-0.15, -0.1) is 10.2 Å². The van der Waals surface area contributed by atoms with Gasteiger partial charge in [-0.2, -0.15) is 4.98 Å². The van der Waals surface area contributed by atoms with E-state index in [9.17, 15) is 0 Å². The Kier molecular flexibility index (Phi) is 4.79. The smallest absolute Gasteiger partial charge is 0.229 e. The highest BCUT2D eigenvalue weighted by Gasteiger charge is 2.26. The molecule has 0 saturated heterocycles. The fourth-order valence-electron chi connectivity index (χ4n) is 4.35. The third kappa shape index (κ3) is 3.38. The predicted octanol–water partition coefficient (Wildman–Crippen LogP) is 4.67. The van der Waals surface area contributed by atoms with Crippen LogP contribution in [0, 0.1) is 6.92 Å². The van der Waals surface area contributed by atoms with Gasteiger partial charge in [0, 0.05) is 37.2 Å². The third-order valence-electron chi connectivity index (χ3n) is 6.31. The lowest BCUT2D eigenvalue weighted by Gasteiger charge is -2.29. The summed E-state index contributed by atoms with van der Waals surface area (Å²) in [6, 6.07) is 8.29. The first-order chi connectivity index (χ1) is 16.6. The average Bonchev–Trinajstić information content (AvgIpc) is 3.52. The number of oxazole rings is 1. The van der Waals surface area contributed by atoms with Crippen LogP contribution in [0.4, 0.5) is 11.6 Å². The summed E-state index contributed by atoms with van der Waals surface area (Å²) in [7, 11) is 3.54. The van der Waals surface area contributed by atoms with Gasteiger partial charge in [0.25, 0.3) is 0 Å². The second kappa shape index (κ2) is 7.98. The summed E-state index contributed by atoms with van der Waals surface area (Å²) >= 11 is 0. The van der Waals surface area contributed by atoms with Gasteiger partial charge in [-0.05, 0) is 43.5 Å². The Morgan fingerprint density at radius 3 is 2.71 bits per heavy atom. The highest BCUT2D eigenvalue weighted by Crippen LogP contribution is 2.40. The van der Waals surface area contributed by atoms with Gasteiger partial charge < -0.3 is 23.6 Å². The van der Waals surface area contributed by atoms with Crippen molar-refractivity contribution >= 4 is 22.7 Å². The number of nitrogens with zero attached hydrogens (tertiary/aromatic N) is 7. The van der Waals surface area contributed by atoms with Crippen molar-refractivity contribution in [3.8, 4) is 28.6 Å². The molecule has 1 aliphatic rings. The van der Waals surface area contributed by atoms with Gasteiger partial charge >= 0.3 is 0 Å². The molecule has 172 valence electrons. The van der Waals surface area contributed by atoms with E-state index in [4.69, 9.17) is 14.1 Å². The Labute approximate surface area is 195 Å². The second-order valence-electron chi connectivity index (χ2n) is 8.51. The lowest BCUT2D eigenvalue weighted by atomic mass is 9.92. The highest BCUT2D eigenvalue weighted by molar-refractivity contribution is 5.84. The van der Waals surface area contributed by atoms with Crippen LogP contribution >= 0.6 is 0 Å². The molecule has 0 atom stereocenters. The molecule has 5 aromatic rings.